The van der Waals surface area contributed by atoms with E-state index in [0.29, 0.717) is 24.2 Å². The minimum atomic E-state index is -0.0321. The first-order valence-corrected chi connectivity index (χ1v) is 14.7. The molecule has 2 aromatic rings. The van der Waals surface area contributed by atoms with Crippen molar-refractivity contribution in [1.82, 2.24) is 10.6 Å². The van der Waals surface area contributed by atoms with Crippen LogP contribution in [0, 0.1) is 41.4 Å². The number of piperidine rings is 1. The summed E-state index contributed by atoms with van der Waals surface area (Å²) >= 11 is 0. The zero-order valence-corrected chi connectivity index (χ0v) is 23.1. The molecule has 200 valence electrons. The molecule has 1 aliphatic heterocycles. The number of carbonyl (C=O) groups is 2. The normalized spacial score (nSPS) is 34.7. The molecule has 1 saturated heterocycles. The monoisotopic (exact) mass is 510 g/mol. The van der Waals surface area contributed by atoms with Gasteiger partial charge in [-0.15, -0.1) is 0 Å². The van der Waals surface area contributed by atoms with Crippen molar-refractivity contribution in [1.29, 1.82) is 0 Å². The molecule has 2 aromatic carbocycles. The maximum atomic E-state index is 14.1. The van der Waals surface area contributed by atoms with E-state index in [9.17, 15) is 9.59 Å². The third kappa shape index (κ3) is 4.30. The molecule has 0 spiro atoms. The fraction of sp³-hybridized carbons (Fsp3) is 0.529. The van der Waals surface area contributed by atoms with Gasteiger partial charge in [0, 0.05) is 23.5 Å². The van der Waals surface area contributed by atoms with Gasteiger partial charge in [0.25, 0.3) is 0 Å². The third-order valence-electron chi connectivity index (χ3n) is 11.0. The Labute approximate surface area is 227 Å². The fourth-order valence-electron chi connectivity index (χ4n) is 8.79. The number of hydrogen-bond acceptors (Lipinski definition) is 2. The summed E-state index contributed by atoms with van der Waals surface area (Å²) in [5, 5.41) is 6.73. The van der Waals surface area contributed by atoms with E-state index in [1.807, 2.05) is 6.07 Å². The average Bonchev–Trinajstić information content (AvgIpc) is 3.28. The number of nitrogens with one attached hydrogen (secondary N) is 2. The Morgan fingerprint density at radius 3 is 2.53 bits per heavy atom. The van der Waals surface area contributed by atoms with Crippen LogP contribution in [0.3, 0.4) is 0 Å². The number of aryl methyl sites for hydroxylation is 1. The summed E-state index contributed by atoms with van der Waals surface area (Å²) < 4.78 is 0. The van der Waals surface area contributed by atoms with Gasteiger partial charge in [0.1, 0.15) is 0 Å². The quantitative estimate of drug-likeness (QED) is 0.473. The molecule has 2 saturated carbocycles. The van der Waals surface area contributed by atoms with Gasteiger partial charge in [-0.2, -0.15) is 0 Å². The highest BCUT2D eigenvalue weighted by Gasteiger charge is 2.60. The highest BCUT2D eigenvalue weighted by atomic mass is 16.2. The summed E-state index contributed by atoms with van der Waals surface area (Å²) in [6.45, 7) is 6.90. The number of rotatable bonds is 5. The number of allylic oxidation sites excluding steroid dienone is 2. The predicted molar refractivity (Wildman–Crippen MR) is 151 cm³/mol. The van der Waals surface area contributed by atoms with Crippen molar-refractivity contribution in [3.63, 3.8) is 0 Å². The average molecular weight is 511 g/mol. The molecule has 6 rings (SSSR count). The van der Waals surface area contributed by atoms with Crippen LogP contribution in [0.2, 0.25) is 0 Å². The van der Waals surface area contributed by atoms with Crippen LogP contribution in [0.5, 0.6) is 0 Å². The van der Waals surface area contributed by atoms with Gasteiger partial charge in [0.2, 0.25) is 11.8 Å². The molecular weight excluding hydrogens is 468 g/mol. The van der Waals surface area contributed by atoms with Gasteiger partial charge < -0.3 is 10.6 Å². The second-order valence-corrected chi connectivity index (χ2v) is 13.0. The molecule has 1 unspecified atom stereocenters. The fourth-order valence-corrected chi connectivity index (χ4v) is 8.79. The molecule has 4 aliphatic rings. The van der Waals surface area contributed by atoms with E-state index in [0.717, 1.165) is 44.9 Å². The first-order chi connectivity index (χ1) is 18.3. The van der Waals surface area contributed by atoms with Crippen molar-refractivity contribution in [2.75, 3.05) is 0 Å². The Bertz CT molecular complexity index is 1230. The van der Waals surface area contributed by atoms with Crippen LogP contribution in [0.15, 0.2) is 66.4 Å². The SMILES string of the molecule is Cc1ccc(CC(NC(=O)[C@H]2CC[C@H]3[C@@H]4CC=C5NC(=O)CC[C@]5(C)[C@H]4CC[C@]23C)c2ccccc2)cc1. The van der Waals surface area contributed by atoms with E-state index in [1.54, 1.807) is 0 Å². The minimum Gasteiger partial charge on any atom is -0.349 e. The summed E-state index contributed by atoms with van der Waals surface area (Å²) in [6.07, 6.45) is 10.1. The Hall–Kier alpha value is -2.88. The van der Waals surface area contributed by atoms with Crippen molar-refractivity contribution in [2.45, 2.75) is 78.2 Å². The van der Waals surface area contributed by atoms with Gasteiger partial charge in [-0.1, -0.05) is 80.1 Å². The third-order valence-corrected chi connectivity index (χ3v) is 11.0. The zero-order valence-electron chi connectivity index (χ0n) is 23.1. The molecule has 7 atom stereocenters. The lowest BCUT2D eigenvalue weighted by molar-refractivity contribution is -0.133. The Balaban J connectivity index is 1.22. The van der Waals surface area contributed by atoms with Crippen molar-refractivity contribution in [3.05, 3.63) is 83.1 Å². The Morgan fingerprint density at radius 1 is 1.00 bits per heavy atom. The van der Waals surface area contributed by atoms with Gasteiger partial charge in [0.05, 0.1) is 6.04 Å². The van der Waals surface area contributed by atoms with Gasteiger partial charge in [-0.3, -0.25) is 9.59 Å². The molecule has 3 aliphatic carbocycles. The summed E-state index contributed by atoms with van der Waals surface area (Å²) in [7, 11) is 0. The first kappa shape index (κ1) is 25.4. The smallest absolute Gasteiger partial charge is 0.224 e. The Morgan fingerprint density at radius 2 is 1.76 bits per heavy atom. The lowest BCUT2D eigenvalue weighted by Crippen LogP contribution is -2.54. The Kier molecular flexibility index (Phi) is 6.48. The molecule has 0 radical (unpaired) electrons. The van der Waals surface area contributed by atoms with E-state index >= 15 is 0 Å². The van der Waals surface area contributed by atoms with E-state index in [-0.39, 0.29) is 34.6 Å². The molecule has 1 heterocycles. The highest BCUT2D eigenvalue weighted by molar-refractivity contribution is 5.81. The molecule has 2 amide bonds. The van der Waals surface area contributed by atoms with Crippen LogP contribution in [0.4, 0.5) is 0 Å². The lowest BCUT2D eigenvalue weighted by Gasteiger charge is -2.57. The maximum Gasteiger partial charge on any atom is 0.224 e. The summed E-state index contributed by atoms with van der Waals surface area (Å²) in [4.78, 5) is 26.1. The highest BCUT2D eigenvalue weighted by Crippen LogP contribution is 2.65. The number of hydrogen-bond donors (Lipinski definition) is 2. The van der Waals surface area contributed by atoms with Crippen LogP contribution in [-0.4, -0.2) is 11.8 Å². The number of carbonyl (C=O) groups excluding carboxylic acids is 2. The second kappa shape index (κ2) is 9.70. The standard InChI is InChI=1S/C34H42N2O2/c1-22-9-11-23(12-10-22)21-29(24-7-5-4-6-8-24)35-32(38)28-15-14-26-25-13-16-30-34(3,20-18-31(37)36-30)27(25)17-19-33(26,28)2/h4-12,16,25-29H,13-15,17-21H2,1-3H3,(H,35,38)(H,36,37)/t25-,26-,27-,28+,29?,33-,34+/m0/s1. The molecule has 4 heteroatoms. The molecule has 3 fully saturated rings. The van der Waals surface area contributed by atoms with Crippen molar-refractivity contribution < 1.29 is 9.59 Å². The van der Waals surface area contributed by atoms with Gasteiger partial charge in [-0.25, -0.2) is 0 Å². The molecule has 38 heavy (non-hydrogen) atoms. The van der Waals surface area contributed by atoms with Crippen LogP contribution in [-0.2, 0) is 16.0 Å². The second-order valence-electron chi connectivity index (χ2n) is 13.0. The minimum absolute atomic E-state index is 0.0321. The van der Waals surface area contributed by atoms with Crippen molar-refractivity contribution in [2.24, 2.45) is 34.5 Å². The van der Waals surface area contributed by atoms with E-state index < -0.39 is 0 Å². The van der Waals surface area contributed by atoms with Crippen LogP contribution in [0.25, 0.3) is 0 Å². The molecule has 2 N–H and O–H groups in total. The molecular formula is C34H42N2O2. The van der Waals surface area contributed by atoms with Crippen molar-refractivity contribution in [3.8, 4) is 0 Å². The van der Waals surface area contributed by atoms with E-state index in [1.165, 1.54) is 22.4 Å². The largest absolute Gasteiger partial charge is 0.349 e. The van der Waals surface area contributed by atoms with E-state index in [2.05, 4.69) is 86.0 Å². The van der Waals surface area contributed by atoms with Gasteiger partial charge in [0.15, 0.2) is 0 Å². The zero-order chi connectivity index (χ0) is 26.5. The van der Waals surface area contributed by atoms with Crippen LogP contribution in [0.1, 0.15) is 81.5 Å². The van der Waals surface area contributed by atoms with Crippen LogP contribution >= 0.6 is 0 Å². The van der Waals surface area contributed by atoms with Crippen molar-refractivity contribution >= 4 is 11.8 Å². The van der Waals surface area contributed by atoms with Gasteiger partial charge in [-0.05, 0) is 86.2 Å². The summed E-state index contributed by atoms with van der Waals surface area (Å²) in [5.74, 6) is 2.23. The number of fused-ring (bicyclic) bond motifs is 5. The summed E-state index contributed by atoms with van der Waals surface area (Å²) in [5.41, 5.74) is 4.96. The molecule has 4 nitrogen and oxygen atoms in total. The van der Waals surface area contributed by atoms with Crippen LogP contribution < -0.4 is 10.6 Å². The number of amides is 2. The maximum absolute atomic E-state index is 14.1. The predicted octanol–water partition coefficient (Wildman–Crippen LogP) is 6.66. The molecule has 0 aromatic heterocycles. The lowest BCUT2D eigenvalue weighted by atomic mass is 9.49. The molecule has 0 bridgehead atoms. The van der Waals surface area contributed by atoms with E-state index in [4.69, 9.17) is 0 Å². The topological polar surface area (TPSA) is 58.2 Å². The van der Waals surface area contributed by atoms with Gasteiger partial charge >= 0.3 is 0 Å². The number of benzene rings is 2. The summed E-state index contributed by atoms with van der Waals surface area (Å²) in [6, 6.07) is 19.1. The first-order valence-electron chi connectivity index (χ1n) is 14.7.